The summed E-state index contributed by atoms with van der Waals surface area (Å²) in [7, 11) is -2.28. The van der Waals surface area contributed by atoms with Crippen LogP contribution < -0.4 is 0 Å². The molecule has 0 rings (SSSR count). The number of hydrogen-bond acceptors (Lipinski definition) is 4. The molecule has 110 valence electrons. The average Bonchev–Trinajstić information content (AvgIpc) is 1.92. The molecule has 0 atom stereocenters. The van der Waals surface area contributed by atoms with Crippen LogP contribution in [-0.2, 0) is 24.5 Å². The van der Waals surface area contributed by atoms with Crippen LogP contribution in [-0.4, -0.2) is 17.9 Å². The molecule has 3 N–H and O–H groups in total. The fraction of sp³-hybridized carbons (Fsp3) is 1.00. The predicted molar refractivity (Wildman–Crippen MR) is 72.4 cm³/mol. The van der Waals surface area contributed by atoms with Crippen molar-refractivity contribution in [2.24, 2.45) is 17.8 Å². The maximum absolute atomic E-state index is 9.43. The van der Waals surface area contributed by atoms with Crippen LogP contribution in [0.25, 0.3) is 0 Å². The van der Waals surface area contributed by atoms with Gasteiger partial charge in [-0.3, -0.25) is 0 Å². The monoisotopic (exact) mass is 356 g/mol. The van der Waals surface area contributed by atoms with Crippen molar-refractivity contribution >= 4 is 8.32 Å². The van der Waals surface area contributed by atoms with Crippen molar-refractivity contribution in [1.82, 2.24) is 0 Å². The molecule has 0 aliphatic heterocycles. The Hall–Kier alpha value is 0.940. The fourth-order valence-electron chi connectivity index (χ4n) is 2.90. The SMILES string of the molecule is CC(C)C[Si](CC(C)C)(CC(C)C)[O][Zr]([OH])([OH])[OH]. The first-order valence-electron chi connectivity index (χ1n) is 6.83. The van der Waals surface area contributed by atoms with Crippen molar-refractivity contribution in [3.63, 3.8) is 0 Å². The van der Waals surface area contributed by atoms with E-state index in [9.17, 15) is 9.55 Å². The summed E-state index contributed by atoms with van der Waals surface area (Å²) in [6.45, 7) is 12.7. The van der Waals surface area contributed by atoms with Crippen molar-refractivity contribution in [2.45, 2.75) is 59.7 Å². The molecule has 0 aromatic carbocycles. The molecule has 0 bridgehead atoms. The zero-order valence-corrected chi connectivity index (χ0v) is 16.1. The molecule has 4 nitrogen and oxygen atoms in total. The van der Waals surface area contributed by atoms with Gasteiger partial charge in [-0.15, -0.1) is 0 Å². The Labute approximate surface area is 119 Å². The van der Waals surface area contributed by atoms with Crippen LogP contribution >= 0.6 is 0 Å². The zero-order valence-electron chi connectivity index (χ0n) is 12.6. The zero-order chi connectivity index (χ0) is 14.6. The topological polar surface area (TPSA) is 69.9 Å². The van der Waals surface area contributed by atoms with E-state index < -0.39 is 30.3 Å². The molecule has 0 spiro atoms. The molecule has 0 radical (unpaired) electrons. The Kier molecular flexibility index (Phi) is 8.05. The van der Waals surface area contributed by atoms with Crippen LogP contribution in [0.2, 0.25) is 18.1 Å². The van der Waals surface area contributed by atoms with Crippen molar-refractivity contribution in [1.29, 1.82) is 0 Å². The molecule has 0 unspecified atom stereocenters. The summed E-state index contributed by atoms with van der Waals surface area (Å²) in [5.74, 6) is 1.34. The molecule has 0 aromatic rings. The quantitative estimate of drug-likeness (QED) is 0.584. The average molecular weight is 358 g/mol. The van der Waals surface area contributed by atoms with Gasteiger partial charge in [-0.1, -0.05) is 0 Å². The van der Waals surface area contributed by atoms with E-state index in [4.69, 9.17) is 2.50 Å². The second-order valence-corrected chi connectivity index (χ2v) is 14.8. The summed E-state index contributed by atoms with van der Waals surface area (Å²) in [5, 5.41) is 0. The maximum atomic E-state index is 9.43. The van der Waals surface area contributed by atoms with Crippen LogP contribution in [0.3, 0.4) is 0 Å². The Morgan fingerprint density at radius 2 is 1.06 bits per heavy atom. The van der Waals surface area contributed by atoms with Gasteiger partial charge in [-0.2, -0.15) is 0 Å². The third kappa shape index (κ3) is 8.94. The molecule has 0 fully saturated rings. The van der Waals surface area contributed by atoms with E-state index >= 15 is 0 Å². The van der Waals surface area contributed by atoms with Gasteiger partial charge in [0.25, 0.3) is 0 Å². The van der Waals surface area contributed by atoms with Gasteiger partial charge in [0.2, 0.25) is 0 Å². The van der Waals surface area contributed by atoms with Crippen LogP contribution in [0, 0.1) is 17.8 Å². The van der Waals surface area contributed by atoms with Crippen LogP contribution in [0.1, 0.15) is 41.5 Å². The van der Waals surface area contributed by atoms with Gasteiger partial charge < -0.3 is 0 Å². The Bertz CT molecular complexity index is 212. The summed E-state index contributed by atoms with van der Waals surface area (Å²) in [5.41, 5.74) is 0. The van der Waals surface area contributed by atoms with E-state index in [0.717, 1.165) is 18.1 Å². The van der Waals surface area contributed by atoms with Crippen molar-refractivity contribution in [3.8, 4) is 0 Å². The second kappa shape index (κ2) is 7.65. The summed E-state index contributed by atoms with van der Waals surface area (Å²) in [4.78, 5) is 0. The summed E-state index contributed by atoms with van der Waals surface area (Å²) in [6.07, 6.45) is 0. The number of rotatable bonds is 8. The summed E-state index contributed by atoms with van der Waals surface area (Å²) in [6, 6.07) is 2.64. The Balaban J connectivity index is 5.10. The van der Waals surface area contributed by atoms with Crippen molar-refractivity contribution in [2.75, 3.05) is 0 Å². The minimum atomic E-state index is -5.17. The molecule has 0 saturated heterocycles. The molecule has 0 saturated carbocycles. The Morgan fingerprint density at radius 1 is 0.778 bits per heavy atom. The molecule has 6 heteroatoms. The fourth-order valence-corrected chi connectivity index (χ4v) is 14.8. The molecule has 0 aliphatic carbocycles. The van der Waals surface area contributed by atoms with Gasteiger partial charge in [0.15, 0.2) is 0 Å². The van der Waals surface area contributed by atoms with Gasteiger partial charge in [0, 0.05) is 0 Å². The molecule has 0 aromatic heterocycles. The molecule has 0 heterocycles. The van der Waals surface area contributed by atoms with Crippen molar-refractivity contribution < 1.29 is 34.1 Å². The van der Waals surface area contributed by atoms with Crippen molar-refractivity contribution in [3.05, 3.63) is 0 Å². The normalized spacial score (nSPS) is 14.0. The van der Waals surface area contributed by atoms with E-state index in [2.05, 4.69) is 41.5 Å². The third-order valence-electron chi connectivity index (χ3n) is 2.69. The molecule has 0 aliphatic rings. The minimum absolute atomic E-state index is 0.447. The van der Waals surface area contributed by atoms with Crippen LogP contribution in [0.5, 0.6) is 0 Å². The number of hydrogen-bond donors (Lipinski definition) is 3. The third-order valence-corrected chi connectivity index (χ3v) is 13.3. The van der Waals surface area contributed by atoms with Gasteiger partial charge in [-0.25, -0.2) is 0 Å². The van der Waals surface area contributed by atoms with E-state index in [1.165, 1.54) is 0 Å². The molecular weight excluding hydrogens is 327 g/mol. The van der Waals surface area contributed by atoms with Crippen LogP contribution in [0.4, 0.5) is 0 Å². The van der Waals surface area contributed by atoms with Crippen LogP contribution in [0.15, 0.2) is 0 Å². The Morgan fingerprint density at radius 3 is 1.22 bits per heavy atom. The van der Waals surface area contributed by atoms with E-state index in [1.807, 2.05) is 0 Å². The van der Waals surface area contributed by atoms with E-state index in [-0.39, 0.29) is 0 Å². The molecule has 0 amide bonds. The standard InChI is InChI=1S/C12H27OSi.3H2O.Zr/c1-10(2)7-14(13,8-11(3)4)9-12(5)6;;;;/h10-12H,7-9H2,1-6H3;3*1H2;/q-1;;;;+4/p-3. The first-order valence-corrected chi connectivity index (χ1v) is 13.7. The first-order chi connectivity index (χ1) is 7.96. The summed E-state index contributed by atoms with van der Waals surface area (Å²) < 4.78 is 33.9. The van der Waals surface area contributed by atoms with Gasteiger partial charge in [0.1, 0.15) is 0 Å². The molecular formula is C12H30O4SiZr. The molecule has 18 heavy (non-hydrogen) atoms. The first kappa shape index (κ1) is 18.9. The van der Waals surface area contributed by atoms with E-state index in [1.54, 1.807) is 0 Å². The van der Waals surface area contributed by atoms with Gasteiger partial charge >= 0.3 is 120 Å². The second-order valence-electron chi connectivity index (χ2n) is 6.65. The predicted octanol–water partition coefficient (Wildman–Crippen LogP) is 2.71. The van der Waals surface area contributed by atoms with E-state index in [0.29, 0.717) is 17.8 Å². The van der Waals surface area contributed by atoms with Gasteiger partial charge in [-0.05, 0) is 0 Å². The van der Waals surface area contributed by atoms with Gasteiger partial charge in [0.05, 0.1) is 0 Å². The summed E-state index contributed by atoms with van der Waals surface area (Å²) >= 11 is -5.17.